The predicted molar refractivity (Wildman–Crippen MR) is 106 cm³/mol. The molecule has 0 bridgehead atoms. The van der Waals surface area contributed by atoms with Crippen LogP contribution in [0.1, 0.15) is 49.4 Å². The lowest BCUT2D eigenvalue weighted by atomic mass is 9.79. The van der Waals surface area contributed by atoms with Gasteiger partial charge in [0.25, 0.3) is 0 Å². The maximum atomic E-state index is 13.2. The molecule has 3 heterocycles. The van der Waals surface area contributed by atoms with Crippen LogP contribution < -0.4 is 0 Å². The highest BCUT2D eigenvalue weighted by Gasteiger charge is 2.39. The van der Waals surface area contributed by atoms with Crippen LogP contribution in [0.2, 0.25) is 0 Å². The maximum Gasteiger partial charge on any atom is 0.410 e. The van der Waals surface area contributed by atoms with Gasteiger partial charge in [0.05, 0.1) is 12.6 Å². The Kier molecular flexibility index (Phi) is 4.49. The van der Waals surface area contributed by atoms with Crippen molar-refractivity contribution in [2.75, 3.05) is 26.2 Å². The third kappa shape index (κ3) is 2.95. The normalized spacial score (nSPS) is 23.1. The van der Waals surface area contributed by atoms with Gasteiger partial charge in [0.1, 0.15) is 13.2 Å². The molecule has 2 aliphatic heterocycles. The Balaban J connectivity index is 1.49. The summed E-state index contributed by atoms with van der Waals surface area (Å²) in [6.07, 6.45) is 6.57. The average Bonchev–Trinajstić information content (AvgIpc) is 3.31. The van der Waals surface area contributed by atoms with Gasteiger partial charge >= 0.3 is 6.09 Å². The van der Waals surface area contributed by atoms with Crippen LogP contribution in [0.15, 0.2) is 24.3 Å². The zero-order valence-electron chi connectivity index (χ0n) is 16.2. The Morgan fingerprint density at radius 1 is 1.14 bits per heavy atom. The van der Waals surface area contributed by atoms with Gasteiger partial charge < -0.3 is 14.6 Å². The maximum absolute atomic E-state index is 13.2. The van der Waals surface area contributed by atoms with Crippen molar-refractivity contribution < 1.29 is 14.3 Å². The molecule has 6 heteroatoms. The number of carbonyl (C=O) groups excluding carboxylic acids is 2. The summed E-state index contributed by atoms with van der Waals surface area (Å²) >= 11 is 0. The molecule has 1 atom stereocenters. The summed E-state index contributed by atoms with van der Waals surface area (Å²) in [6, 6.07) is 8.53. The van der Waals surface area contributed by atoms with E-state index in [4.69, 9.17) is 4.74 Å². The molecule has 2 amide bonds. The van der Waals surface area contributed by atoms with Crippen molar-refractivity contribution in [3.05, 3.63) is 35.5 Å². The minimum atomic E-state index is -0.370. The van der Waals surface area contributed by atoms with E-state index < -0.39 is 0 Å². The van der Waals surface area contributed by atoms with Crippen LogP contribution in [-0.4, -0.2) is 53.0 Å². The Morgan fingerprint density at radius 2 is 1.96 bits per heavy atom. The van der Waals surface area contributed by atoms with Crippen molar-refractivity contribution in [1.82, 2.24) is 14.8 Å². The molecule has 28 heavy (non-hydrogen) atoms. The number of aromatic nitrogens is 1. The molecule has 1 aromatic heterocycles. The van der Waals surface area contributed by atoms with E-state index in [2.05, 4.69) is 29.2 Å². The summed E-state index contributed by atoms with van der Waals surface area (Å²) in [5, 5.41) is 1.29. The first-order valence-electron chi connectivity index (χ1n) is 10.5. The van der Waals surface area contributed by atoms with Gasteiger partial charge in [0.2, 0.25) is 5.91 Å². The highest BCUT2D eigenvalue weighted by atomic mass is 16.6. The lowest BCUT2D eigenvalue weighted by molar-refractivity contribution is -0.136. The Bertz CT molecular complexity index is 900. The lowest BCUT2D eigenvalue weighted by Crippen LogP contribution is -2.47. The van der Waals surface area contributed by atoms with Crippen LogP contribution in [0.4, 0.5) is 4.79 Å². The Hall–Kier alpha value is -2.50. The number of para-hydroxylation sites is 1. The first-order chi connectivity index (χ1) is 13.7. The van der Waals surface area contributed by atoms with Crippen molar-refractivity contribution in [3.8, 4) is 0 Å². The summed E-state index contributed by atoms with van der Waals surface area (Å²) in [7, 11) is 0. The number of nitrogens with one attached hydrogen (secondary N) is 1. The van der Waals surface area contributed by atoms with E-state index in [1.807, 2.05) is 4.90 Å². The van der Waals surface area contributed by atoms with Crippen LogP contribution in [0.25, 0.3) is 10.9 Å². The van der Waals surface area contributed by atoms with Gasteiger partial charge in [0, 0.05) is 23.1 Å². The number of H-pyrrole nitrogens is 1. The molecular formula is C22H27N3O3. The molecule has 0 spiro atoms. The number of carbonyl (C=O) groups is 2. The molecule has 2 aromatic rings. The molecule has 1 aliphatic carbocycles. The largest absolute Gasteiger partial charge is 0.448 e. The van der Waals surface area contributed by atoms with E-state index in [1.165, 1.54) is 40.8 Å². The van der Waals surface area contributed by atoms with Crippen LogP contribution >= 0.6 is 0 Å². The third-order valence-corrected chi connectivity index (χ3v) is 6.67. The summed E-state index contributed by atoms with van der Waals surface area (Å²) in [6.45, 7) is 1.73. The van der Waals surface area contributed by atoms with Gasteiger partial charge in [-0.3, -0.25) is 9.69 Å². The highest BCUT2D eigenvalue weighted by Crippen LogP contribution is 2.43. The van der Waals surface area contributed by atoms with E-state index in [-0.39, 0.29) is 24.6 Å². The number of cyclic esters (lactones) is 1. The van der Waals surface area contributed by atoms with Gasteiger partial charge in [-0.15, -0.1) is 0 Å². The molecular weight excluding hydrogens is 354 g/mol. The zero-order valence-corrected chi connectivity index (χ0v) is 16.2. The quantitative estimate of drug-likeness (QED) is 0.883. The highest BCUT2D eigenvalue weighted by molar-refractivity contribution is 5.87. The number of nitrogens with zero attached hydrogens (tertiary/aromatic N) is 2. The van der Waals surface area contributed by atoms with Gasteiger partial charge in [-0.1, -0.05) is 37.5 Å². The Labute approximate surface area is 164 Å². The van der Waals surface area contributed by atoms with Gasteiger partial charge in [-0.2, -0.15) is 0 Å². The molecule has 0 unspecified atom stereocenters. The fraction of sp³-hybridized carbons (Fsp3) is 0.545. The molecule has 1 saturated carbocycles. The van der Waals surface area contributed by atoms with Gasteiger partial charge in [-0.05, 0) is 36.8 Å². The first-order valence-corrected chi connectivity index (χ1v) is 10.5. The predicted octanol–water partition coefficient (Wildman–Crippen LogP) is 3.63. The summed E-state index contributed by atoms with van der Waals surface area (Å²) in [5.41, 5.74) is 3.75. The van der Waals surface area contributed by atoms with Crippen molar-refractivity contribution in [2.45, 2.75) is 44.6 Å². The summed E-state index contributed by atoms with van der Waals surface area (Å²) in [5.74, 6) is 0.522. The van der Waals surface area contributed by atoms with Crippen LogP contribution in [-0.2, 0) is 16.0 Å². The summed E-state index contributed by atoms with van der Waals surface area (Å²) in [4.78, 5) is 32.3. The second-order valence-electron chi connectivity index (χ2n) is 8.28. The SMILES string of the molecule is O=C1OCCN1CC(=O)N1CCc2c([nH]c3ccccc23)[C@H]1C1CCCCC1. The monoisotopic (exact) mass is 381 g/mol. The number of fused-ring (bicyclic) bond motifs is 3. The topological polar surface area (TPSA) is 65.6 Å². The van der Waals surface area contributed by atoms with Gasteiger partial charge in [-0.25, -0.2) is 4.79 Å². The van der Waals surface area contributed by atoms with Crippen LogP contribution in [0.3, 0.4) is 0 Å². The van der Waals surface area contributed by atoms with E-state index in [0.29, 0.717) is 19.1 Å². The van der Waals surface area contributed by atoms with E-state index >= 15 is 0 Å². The molecule has 2 fully saturated rings. The standard InChI is InChI=1S/C22H27N3O3/c26-19(14-24-12-13-28-22(24)27)25-11-10-17-16-8-4-5-9-18(16)23-20(17)21(25)15-6-2-1-3-7-15/h4-5,8-9,15,21,23H,1-3,6-7,10-14H2/t21-/m1/s1. The molecule has 5 rings (SSSR count). The van der Waals surface area contributed by atoms with Crippen LogP contribution in [0, 0.1) is 5.92 Å². The van der Waals surface area contributed by atoms with Gasteiger partial charge in [0.15, 0.2) is 0 Å². The second kappa shape index (κ2) is 7.15. The molecule has 148 valence electrons. The minimum absolute atomic E-state index is 0.0405. The molecule has 0 radical (unpaired) electrons. The number of rotatable bonds is 3. The molecule has 1 aromatic carbocycles. The third-order valence-electron chi connectivity index (χ3n) is 6.67. The zero-order chi connectivity index (χ0) is 19.1. The second-order valence-corrected chi connectivity index (χ2v) is 8.28. The fourth-order valence-electron chi connectivity index (χ4n) is 5.31. The van der Waals surface area contributed by atoms with Crippen molar-refractivity contribution in [2.24, 2.45) is 5.92 Å². The van der Waals surface area contributed by atoms with Crippen molar-refractivity contribution in [3.63, 3.8) is 0 Å². The smallest absolute Gasteiger partial charge is 0.410 e. The van der Waals surface area contributed by atoms with Crippen molar-refractivity contribution >= 4 is 22.9 Å². The molecule has 6 nitrogen and oxygen atoms in total. The number of benzene rings is 1. The molecule has 1 N–H and O–H groups in total. The van der Waals surface area contributed by atoms with E-state index in [9.17, 15) is 9.59 Å². The fourth-order valence-corrected chi connectivity index (χ4v) is 5.31. The van der Waals surface area contributed by atoms with E-state index in [0.717, 1.165) is 31.3 Å². The lowest BCUT2D eigenvalue weighted by Gasteiger charge is -2.42. The molecule has 3 aliphatic rings. The number of ether oxygens (including phenoxy) is 1. The number of aromatic amines is 1. The first kappa shape index (κ1) is 17.6. The Morgan fingerprint density at radius 3 is 2.75 bits per heavy atom. The molecule has 1 saturated heterocycles. The number of amides is 2. The summed E-state index contributed by atoms with van der Waals surface area (Å²) < 4.78 is 5.00. The number of hydrogen-bond acceptors (Lipinski definition) is 3. The van der Waals surface area contributed by atoms with Crippen molar-refractivity contribution in [1.29, 1.82) is 0 Å². The minimum Gasteiger partial charge on any atom is -0.448 e. The van der Waals surface area contributed by atoms with E-state index in [1.54, 1.807) is 0 Å². The van der Waals surface area contributed by atoms with Crippen LogP contribution in [0.5, 0.6) is 0 Å². The average molecular weight is 381 g/mol. The number of hydrogen-bond donors (Lipinski definition) is 1.